The van der Waals surface area contributed by atoms with Crippen LogP contribution in [0.1, 0.15) is 33.9 Å². The van der Waals surface area contributed by atoms with Crippen LogP contribution in [0.5, 0.6) is 5.75 Å². The van der Waals surface area contributed by atoms with E-state index in [1.54, 1.807) is 6.92 Å². The number of hydrogen-bond acceptors (Lipinski definition) is 4. The maximum atomic E-state index is 13.3. The molecular formula is C21H19FN2O5. The first-order valence-electron chi connectivity index (χ1n) is 8.78. The summed E-state index contributed by atoms with van der Waals surface area (Å²) in [6.07, 6.45) is 2.75. The predicted molar refractivity (Wildman–Crippen MR) is 103 cm³/mol. The molecule has 150 valence electrons. The first kappa shape index (κ1) is 20.1. The molecule has 2 amide bonds. The van der Waals surface area contributed by atoms with Crippen LogP contribution in [0.15, 0.2) is 48.7 Å². The number of carboxylic acids is 1. The van der Waals surface area contributed by atoms with Crippen LogP contribution in [0.25, 0.3) is 0 Å². The van der Waals surface area contributed by atoms with Crippen molar-refractivity contribution in [3.8, 4) is 5.75 Å². The topological polar surface area (TPSA) is 95.9 Å². The van der Waals surface area contributed by atoms with Gasteiger partial charge < -0.3 is 15.2 Å². The second-order valence-corrected chi connectivity index (χ2v) is 6.56. The van der Waals surface area contributed by atoms with Crippen LogP contribution >= 0.6 is 0 Å². The summed E-state index contributed by atoms with van der Waals surface area (Å²) in [7, 11) is 1.34. The van der Waals surface area contributed by atoms with E-state index in [9.17, 15) is 23.9 Å². The third kappa shape index (κ3) is 4.26. The lowest BCUT2D eigenvalue weighted by molar-refractivity contribution is -0.116. The number of aryl methyl sites for hydroxylation is 1. The third-order valence-electron chi connectivity index (χ3n) is 4.66. The number of amides is 2. The number of anilines is 1. The Balaban J connectivity index is 1.90. The molecule has 7 nitrogen and oxygen atoms in total. The van der Waals surface area contributed by atoms with Gasteiger partial charge in [0.2, 0.25) is 0 Å². The minimum Gasteiger partial charge on any atom is -0.496 e. The van der Waals surface area contributed by atoms with E-state index in [4.69, 9.17) is 4.74 Å². The van der Waals surface area contributed by atoms with Crippen molar-refractivity contribution in [3.05, 3.63) is 71.2 Å². The van der Waals surface area contributed by atoms with Crippen LogP contribution in [-0.2, 0) is 4.79 Å². The number of urea groups is 1. The molecule has 1 atom stereocenters. The highest BCUT2D eigenvalue weighted by atomic mass is 19.1. The lowest BCUT2D eigenvalue weighted by Gasteiger charge is -2.31. The number of aromatic carboxylic acids is 1. The van der Waals surface area contributed by atoms with E-state index in [0.717, 1.165) is 0 Å². The number of ketones is 1. The number of benzene rings is 2. The summed E-state index contributed by atoms with van der Waals surface area (Å²) in [5.74, 6) is -1.59. The standard InChI is InChI=1S/C21H19FN2O5/c1-12-9-16(20(26)27)19(29-2)11-17(12)23-21(28)24-8-7-15(25)10-18(24)13-3-5-14(22)6-4-13/h3-9,11,18H,10H2,1-2H3,(H,23,28)(H,26,27). The van der Waals surface area contributed by atoms with Gasteiger partial charge in [0.1, 0.15) is 17.1 Å². The summed E-state index contributed by atoms with van der Waals surface area (Å²) in [5, 5.41) is 12.0. The second-order valence-electron chi connectivity index (χ2n) is 6.56. The normalized spacial score (nSPS) is 15.9. The fourth-order valence-corrected chi connectivity index (χ4v) is 3.14. The Morgan fingerprint density at radius 3 is 2.55 bits per heavy atom. The van der Waals surface area contributed by atoms with Gasteiger partial charge in [0.15, 0.2) is 5.78 Å². The van der Waals surface area contributed by atoms with Gasteiger partial charge >= 0.3 is 12.0 Å². The molecule has 0 aliphatic carbocycles. The molecule has 1 aliphatic heterocycles. The zero-order chi connectivity index (χ0) is 21.1. The van der Waals surface area contributed by atoms with Crippen molar-refractivity contribution in [3.63, 3.8) is 0 Å². The van der Waals surface area contributed by atoms with Gasteiger partial charge in [-0.1, -0.05) is 12.1 Å². The Labute approximate surface area is 166 Å². The average Bonchev–Trinajstić information content (AvgIpc) is 2.69. The average molecular weight is 398 g/mol. The number of rotatable bonds is 4. The molecule has 0 aromatic heterocycles. The highest BCUT2D eigenvalue weighted by molar-refractivity contribution is 5.97. The molecule has 0 spiro atoms. The largest absolute Gasteiger partial charge is 0.496 e. The van der Waals surface area contributed by atoms with Crippen LogP contribution < -0.4 is 10.1 Å². The van der Waals surface area contributed by atoms with Gasteiger partial charge in [-0.15, -0.1) is 0 Å². The lowest BCUT2D eigenvalue weighted by Crippen LogP contribution is -2.37. The molecule has 3 rings (SSSR count). The maximum absolute atomic E-state index is 13.3. The third-order valence-corrected chi connectivity index (χ3v) is 4.66. The zero-order valence-electron chi connectivity index (χ0n) is 15.8. The fourth-order valence-electron chi connectivity index (χ4n) is 3.14. The van der Waals surface area contributed by atoms with Crippen molar-refractivity contribution in [2.75, 3.05) is 12.4 Å². The van der Waals surface area contributed by atoms with Crippen LogP contribution in [-0.4, -0.2) is 34.9 Å². The van der Waals surface area contributed by atoms with Gasteiger partial charge in [-0.3, -0.25) is 9.69 Å². The van der Waals surface area contributed by atoms with E-state index in [2.05, 4.69) is 5.32 Å². The number of allylic oxidation sites excluding steroid dienone is 1. The minimum absolute atomic E-state index is 0.0179. The van der Waals surface area contributed by atoms with Crippen molar-refractivity contribution in [1.82, 2.24) is 4.90 Å². The van der Waals surface area contributed by atoms with Gasteiger partial charge in [-0.2, -0.15) is 0 Å². The molecule has 2 N–H and O–H groups in total. The van der Waals surface area contributed by atoms with Crippen molar-refractivity contribution in [2.24, 2.45) is 0 Å². The molecule has 0 radical (unpaired) electrons. The molecule has 1 heterocycles. The Morgan fingerprint density at radius 1 is 1.24 bits per heavy atom. The van der Waals surface area contributed by atoms with E-state index in [-0.39, 0.29) is 23.5 Å². The Bertz CT molecular complexity index is 1000. The summed E-state index contributed by atoms with van der Waals surface area (Å²) in [5.41, 5.74) is 1.51. The molecule has 2 aromatic rings. The molecule has 29 heavy (non-hydrogen) atoms. The summed E-state index contributed by atoms with van der Waals surface area (Å²) >= 11 is 0. The Hall–Kier alpha value is -3.68. The SMILES string of the molecule is COc1cc(NC(=O)N2C=CC(=O)CC2c2ccc(F)cc2)c(C)cc1C(=O)O. The zero-order valence-corrected chi connectivity index (χ0v) is 15.8. The van der Waals surface area contributed by atoms with Crippen LogP contribution in [0.3, 0.4) is 0 Å². The van der Waals surface area contributed by atoms with Crippen molar-refractivity contribution < 1.29 is 28.6 Å². The summed E-state index contributed by atoms with van der Waals surface area (Å²) in [6, 6.07) is 7.34. The minimum atomic E-state index is -1.14. The first-order valence-corrected chi connectivity index (χ1v) is 8.78. The van der Waals surface area contributed by atoms with Crippen molar-refractivity contribution in [2.45, 2.75) is 19.4 Å². The highest BCUT2D eigenvalue weighted by Gasteiger charge is 2.29. The lowest BCUT2D eigenvalue weighted by atomic mass is 9.97. The highest BCUT2D eigenvalue weighted by Crippen LogP contribution is 2.31. The van der Waals surface area contributed by atoms with Gasteiger partial charge in [0.05, 0.1) is 13.2 Å². The number of nitrogens with one attached hydrogen (secondary N) is 1. The molecule has 8 heteroatoms. The number of methoxy groups -OCH3 is 1. The van der Waals surface area contributed by atoms with Crippen LogP contribution in [0.4, 0.5) is 14.9 Å². The van der Waals surface area contributed by atoms with Gasteiger partial charge in [-0.05, 0) is 42.3 Å². The first-order chi connectivity index (χ1) is 13.8. The quantitative estimate of drug-likeness (QED) is 0.814. The molecule has 0 saturated carbocycles. The van der Waals surface area contributed by atoms with Crippen molar-refractivity contribution >= 4 is 23.5 Å². The maximum Gasteiger partial charge on any atom is 0.339 e. The molecule has 0 saturated heterocycles. The molecule has 1 aliphatic rings. The van der Waals surface area contributed by atoms with E-state index < -0.39 is 23.9 Å². The number of carbonyl (C=O) groups excluding carboxylic acids is 2. The number of halogens is 1. The van der Waals surface area contributed by atoms with Gasteiger partial charge in [-0.25, -0.2) is 14.0 Å². The molecule has 0 bridgehead atoms. The summed E-state index contributed by atoms with van der Waals surface area (Å²) < 4.78 is 18.4. The van der Waals surface area contributed by atoms with Gasteiger partial charge in [0, 0.05) is 24.4 Å². The molecule has 0 fully saturated rings. The number of ether oxygens (including phenoxy) is 1. The van der Waals surface area contributed by atoms with Gasteiger partial charge in [0.25, 0.3) is 0 Å². The summed E-state index contributed by atoms with van der Waals surface area (Å²) in [4.78, 5) is 37.5. The number of carboxylic acid groups (broad SMARTS) is 1. The van der Waals surface area contributed by atoms with E-state index >= 15 is 0 Å². The number of nitrogens with zero attached hydrogens (tertiary/aromatic N) is 1. The fraction of sp³-hybridized carbons (Fsp3) is 0.190. The predicted octanol–water partition coefficient (Wildman–Crippen LogP) is 3.90. The molecular weight excluding hydrogens is 379 g/mol. The Kier molecular flexibility index (Phi) is 5.63. The monoisotopic (exact) mass is 398 g/mol. The summed E-state index contributed by atoms with van der Waals surface area (Å²) in [6.45, 7) is 1.66. The Morgan fingerprint density at radius 2 is 1.93 bits per heavy atom. The number of hydrogen-bond donors (Lipinski definition) is 2. The molecule has 2 aromatic carbocycles. The van der Waals surface area contributed by atoms with E-state index in [0.29, 0.717) is 16.8 Å². The van der Waals surface area contributed by atoms with E-state index in [1.165, 1.54) is 60.7 Å². The molecule has 1 unspecified atom stereocenters. The van der Waals surface area contributed by atoms with E-state index in [1.807, 2.05) is 0 Å². The second kappa shape index (κ2) is 8.14. The van der Waals surface area contributed by atoms with Crippen LogP contribution in [0.2, 0.25) is 0 Å². The number of carbonyl (C=O) groups is 3. The van der Waals surface area contributed by atoms with Crippen molar-refractivity contribution in [1.29, 1.82) is 0 Å². The van der Waals surface area contributed by atoms with Crippen LogP contribution in [0, 0.1) is 12.7 Å². The smallest absolute Gasteiger partial charge is 0.339 e.